The van der Waals surface area contributed by atoms with Crippen LogP contribution in [0, 0.1) is 0 Å². The van der Waals surface area contributed by atoms with E-state index in [0.29, 0.717) is 5.82 Å². The quantitative estimate of drug-likeness (QED) is 0.634. The number of carbonyl (C=O) groups excluding carboxylic acids is 1. The zero-order valence-corrected chi connectivity index (χ0v) is 7.86. The molecular formula is C8H7N5O2. The van der Waals surface area contributed by atoms with Crippen molar-refractivity contribution in [3.8, 4) is 5.82 Å². The summed E-state index contributed by atoms with van der Waals surface area (Å²) in [7, 11) is 1.28. The van der Waals surface area contributed by atoms with Crippen LogP contribution in [-0.2, 0) is 4.74 Å². The number of esters is 1. The van der Waals surface area contributed by atoms with Crippen LogP contribution in [0.3, 0.4) is 0 Å². The second-order valence-corrected chi connectivity index (χ2v) is 2.59. The number of carbonyl (C=O) groups is 1. The normalized spacial score (nSPS) is 9.93. The van der Waals surface area contributed by atoms with Gasteiger partial charge in [0.15, 0.2) is 11.5 Å². The molecule has 0 aliphatic heterocycles. The lowest BCUT2D eigenvalue weighted by Crippen LogP contribution is -2.08. The largest absolute Gasteiger partial charge is 0.464 e. The average molecular weight is 205 g/mol. The van der Waals surface area contributed by atoms with Crippen molar-refractivity contribution in [2.45, 2.75) is 0 Å². The molecule has 2 aromatic heterocycles. The van der Waals surface area contributed by atoms with Gasteiger partial charge in [-0.15, -0.1) is 0 Å². The van der Waals surface area contributed by atoms with E-state index in [1.165, 1.54) is 36.8 Å². The standard InChI is InChI=1S/C8H7N5O2/c1-15-8(14)6-2-9-3-7(12-6)13-5-10-4-11-13/h2-5H,1H3. The lowest BCUT2D eigenvalue weighted by molar-refractivity contribution is 0.0593. The minimum atomic E-state index is -0.538. The summed E-state index contributed by atoms with van der Waals surface area (Å²) in [5.74, 6) is -0.125. The van der Waals surface area contributed by atoms with Gasteiger partial charge in [0.2, 0.25) is 0 Å². The van der Waals surface area contributed by atoms with Crippen molar-refractivity contribution in [1.82, 2.24) is 24.7 Å². The first-order valence-electron chi connectivity index (χ1n) is 4.06. The van der Waals surface area contributed by atoms with E-state index in [1.807, 2.05) is 0 Å². The fourth-order valence-corrected chi connectivity index (χ4v) is 0.996. The number of rotatable bonds is 2. The van der Waals surface area contributed by atoms with E-state index in [-0.39, 0.29) is 5.69 Å². The van der Waals surface area contributed by atoms with Gasteiger partial charge in [0.05, 0.1) is 19.5 Å². The Kier molecular flexibility index (Phi) is 2.36. The molecular weight excluding hydrogens is 198 g/mol. The van der Waals surface area contributed by atoms with Gasteiger partial charge in [-0.05, 0) is 0 Å². The highest BCUT2D eigenvalue weighted by atomic mass is 16.5. The van der Waals surface area contributed by atoms with Gasteiger partial charge >= 0.3 is 5.97 Å². The molecule has 0 spiro atoms. The molecule has 0 unspecified atom stereocenters. The fourth-order valence-electron chi connectivity index (χ4n) is 0.996. The average Bonchev–Trinajstić information content (AvgIpc) is 2.82. The van der Waals surface area contributed by atoms with Crippen molar-refractivity contribution in [3.63, 3.8) is 0 Å². The highest BCUT2D eigenvalue weighted by Crippen LogP contribution is 2.01. The molecule has 2 rings (SSSR count). The summed E-state index contributed by atoms with van der Waals surface area (Å²) in [6.45, 7) is 0. The highest BCUT2D eigenvalue weighted by molar-refractivity contribution is 5.86. The van der Waals surface area contributed by atoms with Gasteiger partial charge in [-0.1, -0.05) is 0 Å². The van der Waals surface area contributed by atoms with Gasteiger partial charge in [0, 0.05) is 0 Å². The van der Waals surface area contributed by atoms with Gasteiger partial charge in [0.25, 0.3) is 0 Å². The molecule has 2 aromatic rings. The Morgan fingerprint density at radius 3 is 2.93 bits per heavy atom. The molecule has 0 N–H and O–H groups in total. The summed E-state index contributed by atoms with van der Waals surface area (Å²) in [5, 5.41) is 3.86. The van der Waals surface area contributed by atoms with Crippen molar-refractivity contribution < 1.29 is 9.53 Å². The van der Waals surface area contributed by atoms with Crippen LogP contribution in [0.5, 0.6) is 0 Å². The van der Waals surface area contributed by atoms with Crippen LogP contribution in [-0.4, -0.2) is 37.8 Å². The molecule has 0 atom stereocenters. The minimum absolute atomic E-state index is 0.130. The van der Waals surface area contributed by atoms with Crippen LogP contribution in [0.25, 0.3) is 5.82 Å². The Labute approximate surface area is 84.8 Å². The number of hydrogen-bond donors (Lipinski definition) is 0. The third kappa shape index (κ3) is 1.80. The Morgan fingerprint density at radius 2 is 2.27 bits per heavy atom. The predicted octanol–water partition coefficient (Wildman–Crippen LogP) is -0.156. The van der Waals surface area contributed by atoms with E-state index in [9.17, 15) is 4.79 Å². The lowest BCUT2D eigenvalue weighted by Gasteiger charge is -2.00. The van der Waals surface area contributed by atoms with Gasteiger partial charge in [-0.2, -0.15) is 5.10 Å². The molecule has 7 nitrogen and oxygen atoms in total. The van der Waals surface area contributed by atoms with Crippen molar-refractivity contribution in [2.75, 3.05) is 7.11 Å². The molecule has 0 bridgehead atoms. The van der Waals surface area contributed by atoms with Gasteiger partial charge in [-0.25, -0.2) is 19.4 Å². The summed E-state index contributed by atoms with van der Waals surface area (Å²) in [4.78, 5) is 22.8. The van der Waals surface area contributed by atoms with Gasteiger partial charge in [0.1, 0.15) is 12.7 Å². The predicted molar refractivity (Wildman–Crippen MR) is 48.3 cm³/mol. The molecule has 0 aromatic carbocycles. The van der Waals surface area contributed by atoms with Crippen LogP contribution in [0.4, 0.5) is 0 Å². The summed E-state index contributed by atoms with van der Waals surface area (Å²) >= 11 is 0. The van der Waals surface area contributed by atoms with Gasteiger partial charge < -0.3 is 4.74 Å². The van der Waals surface area contributed by atoms with E-state index in [0.717, 1.165) is 0 Å². The maximum atomic E-state index is 11.2. The maximum absolute atomic E-state index is 11.2. The van der Waals surface area contributed by atoms with Crippen LogP contribution in [0.15, 0.2) is 25.0 Å². The Balaban J connectivity index is 2.39. The number of aromatic nitrogens is 5. The molecule has 2 heterocycles. The molecule has 0 fully saturated rings. The maximum Gasteiger partial charge on any atom is 0.358 e. The first-order chi connectivity index (χ1) is 7.31. The summed E-state index contributed by atoms with van der Waals surface area (Å²) < 4.78 is 5.92. The molecule has 0 aliphatic carbocycles. The molecule has 15 heavy (non-hydrogen) atoms. The first kappa shape index (κ1) is 9.25. The molecule has 0 amide bonds. The molecule has 0 saturated heterocycles. The zero-order chi connectivity index (χ0) is 10.7. The second-order valence-electron chi connectivity index (χ2n) is 2.59. The molecule has 7 heteroatoms. The summed E-state index contributed by atoms with van der Waals surface area (Å²) in [5.41, 5.74) is 0.130. The van der Waals surface area contributed by atoms with E-state index in [4.69, 9.17) is 0 Å². The monoisotopic (exact) mass is 205 g/mol. The van der Waals surface area contributed by atoms with E-state index in [2.05, 4.69) is 24.8 Å². The fraction of sp³-hybridized carbons (Fsp3) is 0.125. The minimum Gasteiger partial charge on any atom is -0.464 e. The van der Waals surface area contributed by atoms with Crippen molar-refractivity contribution >= 4 is 5.97 Å². The molecule has 0 aliphatic rings. The van der Waals surface area contributed by atoms with Crippen molar-refractivity contribution in [3.05, 3.63) is 30.7 Å². The van der Waals surface area contributed by atoms with Crippen molar-refractivity contribution in [2.24, 2.45) is 0 Å². The van der Waals surface area contributed by atoms with E-state index in [1.54, 1.807) is 0 Å². The molecule has 0 saturated carbocycles. The van der Waals surface area contributed by atoms with Crippen LogP contribution in [0.2, 0.25) is 0 Å². The SMILES string of the molecule is COC(=O)c1cncc(-n2cncn2)n1. The van der Waals surface area contributed by atoms with Crippen molar-refractivity contribution in [1.29, 1.82) is 0 Å². The van der Waals surface area contributed by atoms with Crippen LogP contribution < -0.4 is 0 Å². The van der Waals surface area contributed by atoms with Gasteiger partial charge in [-0.3, -0.25) is 4.98 Å². The second kappa shape index (κ2) is 3.82. The molecule has 76 valence electrons. The molecule has 0 radical (unpaired) electrons. The number of ether oxygens (including phenoxy) is 1. The first-order valence-corrected chi connectivity index (χ1v) is 4.06. The Bertz CT molecular complexity index is 468. The van der Waals surface area contributed by atoms with E-state index < -0.39 is 5.97 Å². The van der Waals surface area contributed by atoms with Crippen LogP contribution >= 0.6 is 0 Å². The summed E-state index contributed by atoms with van der Waals surface area (Å²) in [6, 6.07) is 0. The van der Waals surface area contributed by atoms with Crippen LogP contribution in [0.1, 0.15) is 10.5 Å². The number of hydrogen-bond acceptors (Lipinski definition) is 6. The number of methoxy groups -OCH3 is 1. The summed E-state index contributed by atoms with van der Waals surface area (Å²) in [6.07, 6.45) is 5.63. The third-order valence-corrected chi connectivity index (χ3v) is 1.67. The van der Waals surface area contributed by atoms with E-state index >= 15 is 0 Å². The Morgan fingerprint density at radius 1 is 1.40 bits per heavy atom. The smallest absolute Gasteiger partial charge is 0.358 e. The zero-order valence-electron chi connectivity index (χ0n) is 7.86. The Hall–Kier alpha value is -2.31. The number of nitrogens with zero attached hydrogens (tertiary/aromatic N) is 5. The lowest BCUT2D eigenvalue weighted by atomic mass is 10.4. The highest BCUT2D eigenvalue weighted by Gasteiger charge is 2.09. The topological polar surface area (TPSA) is 82.8 Å². The third-order valence-electron chi connectivity index (χ3n) is 1.67.